The van der Waals surface area contributed by atoms with Crippen molar-refractivity contribution in [3.05, 3.63) is 29.3 Å². The second-order valence-electron chi connectivity index (χ2n) is 4.93. The van der Waals surface area contributed by atoms with E-state index in [9.17, 15) is 9.90 Å². The van der Waals surface area contributed by atoms with Gasteiger partial charge in [-0.3, -0.25) is 4.79 Å². The SMILES string of the molecule is C#CCOc1cc(CBr)ccc1CC(C)(C)C(=O)O. The Kier molecular flexibility index (Phi) is 5.44. The Labute approximate surface area is 122 Å². The zero-order chi connectivity index (χ0) is 14.5. The molecule has 1 rings (SSSR count). The molecular weight excluding hydrogens is 308 g/mol. The Morgan fingerprint density at radius 1 is 1.53 bits per heavy atom. The molecule has 1 aromatic rings. The largest absolute Gasteiger partial charge is 0.481 e. The Balaban J connectivity index is 3.05. The van der Waals surface area contributed by atoms with Crippen LogP contribution < -0.4 is 4.74 Å². The molecule has 0 saturated heterocycles. The fourth-order valence-corrected chi connectivity index (χ4v) is 1.98. The van der Waals surface area contributed by atoms with Crippen molar-refractivity contribution in [2.45, 2.75) is 25.6 Å². The van der Waals surface area contributed by atoms with Crippen molar-refractivity contribution in [1.82, 2.24) is 0 Å². The van der Waals surface area contributed by atoms with Gasteiger partial charge in [-0.05, 0) is 37.5 Å². The molecular formula is C15H17BrO3. The van der Waals surface area contributed by atoms with Crippen LogP contribution in [0.2, 0.25) is 0 Å². The van der Waals surface area contributed by atoms with E-state index in [0.29, 0.717) is 17.5 Å². The molecule has 0 fully saturated rings. The Hall–Kier alpha value is -1.47. The van der Waals surface area contributed by atoms with Gasteiger partial charge in [0.2, 0.25) is 0 Å². The van der Waals surface area contributed by atoms with Crippen molar-refractivity contribution in [2.75, 3.05) is 6.61 Å². The monoisotopic (exact) mass is 324 g/mol. The summed E-state index contributed by atoms with van der Waals surface area (Å²) < 4.78 is 5.50. The van der Waals surface area contributed by atoms with Crippen LogP contribution in [0.15, 0.2) is 18.2 Å². The van der Waals surface area contributed by atoms with E-state index in [2.05, 4.69) is 21.9 Å². The van der Waals surface area contributed by atoms with Crippen molar-refractivity contribution in [2.24, 2.45) is 5.41 Å². The average molecular weight is 325 g/mol. The summed E-state index contributed by atoms with van der Waals surface area (Å²) >= 11 is 3.38. The summed E-state index contributed by atoms with van der Waals surface area (Å²) in [7, 11) is 0. The topological polar surface area (TPSA) is 46.5 Å². The van der Waals surface area contributed by atoms with Crippen molar-refractivity contribution >= 4 is 21.9 Å². The van der Waals surface area contributed by atoms with E-state index >= 15 is 0 Å². The minimum atomic E-state index is -0.843. The number of carboxylic acids is 1. The van der Waals surface area contributed by atoms with Gasteiger partial charge >= 0.3 is 5.97 Å². The number of benzene rings is 1. The molecule has 1 N–H and O–H groups in total. The van der Waals surface area contributed by atoms with Gasteiger partial charge in [0.05, 0.1) is 5.41 Å². The molecule has 0 unspecified atom stereocenters. The highest BCUT2D eigenvalue weighted by Crippen LogP contribution is 2.29. The smallest absolute Gasteiger partial charge is 0.309 e. The summed E-state index contributed by atoms with van der Waals surface area (Å²) in [5.74, 6) is 2.24. The number of hydrogen-bond acceptors (Lipinski definition) is 2. The van der Waals surface area contributed by atoms with Crippen LogP contribution in [-0.4, -0.2) is 17.7 Å². The molecule has 0 amide bonds. The first-order valence-corrected chi connectivity index (χ1v) is 7.00. The molecule has 0 bridgehead atoms. The minimum absolute atomic E-state index is 0.173. The molecule has 0 aliphatic rings. The molecule has 4 heteroatoms. The first kappa shape index (κ1) is 15.6. The summed E-state index contributed by atoms with van der Waals surface area (Å²) in [6, 6.07) is 5.73. The summed E-state index contributed by atoms with van der Waals surface area (Å²) in [4.78, 5) is 11.2. The number of rotatable bonds is 6. The molecule has 0 aromatic heterocycles. The van der Waals surface area contributed by atoms with E-state index < -0.39 is 11.4 Å². The molecule has 1 aromatic carbocycles. The lowest BCUT2D eigenvalue weighted by Crippen LogP contribution is -2.26. The van der Waals surface area contributed by atoms with Crippen LogP contribution in [0.3, 0.4) is 0 Å². The van der Waals surface area contributed by atoms with Gasteiger partial charge in [0.1, 0.15) is 12.4 Å². The second kappa shape index (κ2) is 6.63. The lowest BCUT2D eigenvalue weighted by atomic mass is 9.85. The normalized spacial score (nSPS) is 10.8. The molecule has 0 radical (unpaired) electrons. The van der Waals surface area contributed by atoms with E-state index in [1.165, 1.54) is 0 Å². The number of ether oxygens (including phenoxy) is 1. The summed E-state index contributed by atoms with van der Waals surface area (Å²) in [6.07, 6.45) is 5.59. The van der Waals surface area contributed by atoms with Gasteiger partial charge in [0, 0.05) is 5.33 Å². The van der Waals surface area contributed by atoms with E-state index in [-0.39, 0.29) is 6.61 Å². The second-order valence-corrected chi connectivity index (χ2v) is 5.50. The van der Waals surface area contributed by atoms with Crippen LogP contribution in [0.5, 0.6) is 5.75 Å². The number of aliphatic carboxylic acids is 1. The predicted octanol–water partition coefficient (Wildman–Crippen LogP) is 3.25. The quantitative estimate of drug-likeness (QED) is 0.645. The molecule has 0 saturated carbocycles. The zero-order valence-corrected chi connectivity index (χ0v) is 12.7. The van der Waals surface area contributed by atoms with Crippen LogP contribution in [0.25, 0.3) is 0 Å². The van der Waals surface area contributed by atoms with Crippen molar-refractivity contribution in [3.8, 4) is 18.1 Å². The zero-order valence-electron chi connectivity index (χ0n) is 11.1. The fraction of sp³-hybridized carbons (Fsp3) is 0.400. The van der Waals surface area contributed by atoms with Gasteiger partial charge in [0.15, 0.2) is 0 Å². The maximum Gasteiger partial charge on any atom is 0.309 e. The third-order valence-electron chi connectivity index (χ3n) is 2.81. The Morgan fingerprint density at radius 3 is 2.74 bits per heavy atom. The van der Waals surface area contributed by atoms with Crippen LogP contribution in [0.1, 0.15) is 25.0 Å². The molecule has 19 heavy (non-hydrogen) atoms. The van der Waals surface area contributed by atoms with Gasteiger partial charge in [0.25, 0.3) is 0 Å². The molecule has 0 heterocycles. The molecule has 102 valence electrons. The number of carbonyl (C=O) groups is 1. The van der Waals surface area contributed by atoms with Crippen LogP contribution >= 0.6 is 15.9 Å². The Bertz CT molecular complexity index is 501. The van der Waals surface area contributed by atoms with Crippen molar-refractivity contribution in [1.29, 1.82) is 0 Å². The van der Waals surface area contributed by atoms with Crippen LogP contribution in [0.4, 0.5) is 0 Å². The van der Waals surface area contributed by atoms with Crippen LogP contribution in [-0.2, 0) is 16.5 Å². The maximum atomic E-state index is 11.2. The van der Waals surface area contributed by atoms with Gasteiger partial charge in [-0.2, -0.15) is 0 Å². The third kappa shape index (κ3) is 4.29. The highest BCUT2D eigenvalue weighted by Gasteiger charge is 2.28. The molecule has 0 atom stereocenters. The summed E-state index contributed by atoms with van der Waals surface area (Å²) in [6.45, 7) is 3.56. The highest BCUT2D eigenvalue weighted by molar-refractivity contribution is 9.08. The van der Waals surface area contributed by atoms with E-state index in [4.69, 9.17) is 11.2 Å². The molecule has 0 spiro atoms. The summed E-state index contributed by atoms with van der Waals surface area (Å²) in [5.41, 5.74) is 1.07. The number of carboxylic acid groups (broad SMARTS) is 1. The predicted molar refractivity (Wildman–Crippen MR) is 78.5 cm³/mol. The first-order valence-electron chi connectivity index (χ1n) is 5.88. The Morgan fingerprint density at radius 2 is 2.21 bits per heavy atom. The average Bonchev–Trinajstić information content (AvgIpc) is 2.37. The molecule has 3 nitrogen and oxygen atoms in total. The van der Waals surface area contributed by atoms with Crippen LogP contribution in [0, 0.1) is 17.8 Å². The van der Waals surface area contributed by atoms with Gasteiger partial charge < -0.3 is 9.84 Å². The molecule has 0 aliphatic carbocycles. The van der Waals surface area contributed by atoms with E-state index in [1.807, 2.05) is 18.2 Å². The van der Waals surface area contributed by atoms with Crippen molar-refractivity contribution < 1.29 is 14.6 Å². The minimum Gasteiger partial charge on any atom is -0.481 e. The van der Waals surface area contributed by atoms with Gasteiger partial charge in [-0.1, -0.05) is 34.0 Å². The molecule has 0 aliphatic heterocycles. The summed E-state index contributed by atoms with van der Waals surface area (Å²) in [5, 5.41) is 9.90. The number of terminal acetylenes is 1. The first-order chi connectivity index (χ1) is 8.90. The number of halogens is 1. The van der Waals surface area contributed by atoms with Crippen molar-refractivity contribution in [3.63, 3.8) is 0 Å². The maximum absolute atomic E-state index is 11.2. The number of hydrogen-bond donors (Lipinski definition) is 1. The lowest BCUT2D eigenvalue weighted by Gasteiger charge is -2.21. The highest BCUT2D eigenvalue weighted by atomic mass is 79.9. The van der Waals surface area contributed by atoms with Gasteiger partial charge in [-0.25, -0.2) is 0 Å². The van der Waals surface area contributed by atoms with E-state index in [1.54, 1.807) is 13.8 Å². The van der Waals surface area contributed by atoms with E-state index in [0.717, 1.165) is 11.1 Å². The lowest BCUT2D eigenvalue weighted by molar-refractivity contribution is -0.146. The van der Waals surface area contributed by atoms with Gasteiger partial charge in [-0.15, -0.1) is 6.42 Å². The standard InChI is InChI=1S/C15H17BrO3/c1-4-7-19-13-8-11(10-16)5-6-12(13)9-15(2,3)14(17)18/h1,5-6,8H,7,9-10H2,2-3H3,(H,17,18). The fourth-order valence-electron chi connectivity index (χ4n) is 1.63. The third-order valence-corrected chi connectivity index (χ3v) is 3.46. The number of alkyl halides is 1.